The van der Waals surface area contributed by atoms with E-state index >= 15 is 0 Å². The number of aromatic nitrogens is 3. The maximum Gasteiger partial charge on any atom is 0.358 e. The second-order valence-corrected chi connectivity index (χ2v) is 8.52. The Morgan fingerprint density at radius 2 is 1.79 bits per heavy atom. The van der Waals surface area contributed by atoms with E-state index in [1.165, 1.54) is 24.1 Å². The number of carboxylic acids is 1. The number of carbonyl (C=O) groups is 3. The molecule has 33 heavy (non-hydrogen) atoms. The topological polar surface area (TPSA) is 141 Å². The van der Waals surface area contributed by atoms with Gasteiger partial charge in [0, 0.05) is 11.1 Å². The van der Waals surface area contributed by atoms with Gasteiger partial charge in [0.05, 0.1) is 24.7 Å². The molecule has 2 amide bonds. The smallest absolute Gasteiger partial charge is 0.358 e. The fourth-order valence-corrected chi connectivity index (χ4v) is 3.20. The highest BCUT2D eigenvalue weighted by atomic mass is 16.7. The average Bonchev–Trinajstić information content (AvgIpc) is 3.24. The Morgan fingerprint density at radius 3 is 2.33 bits per heavy atom. The quantitative estimate of drug-likeness (QED) is 0.549. The Kier molecular flexibility index (Phi) is 6.32. The second kappa shape index (κ2) is 8.83. The van der Waals surface area contributed by atoms with Crippen molar-refractivity contribution >= 4 is 23.5 Å². The molecule has 3 rings (SSSR count). The Hall–Kier alpha value is -4.05. The van der Waals surface area contributed by atoms with Crippen LogP contribution in [0.2, 0.25) is 0 Å². The molecule has 2 aromatic carbocycles. The molecular formula is C23H25N5O5. The molecule has 1 heterocycles. The first-order valence-electron chi connectivity index (χ1n) is 10.0. The molecule has 0 aliphatic carbocycles. The van der Waals surface area contributed by atoms with Crippen molar-refractivity contribution in [2.24, 2.45) is 5.73 Å². The molecular weight excluding hydrogens is 426 g/mol. The fraction of sp³-hybridized carbons (Fsp3) is 0.261. The summed E-state index contributed by atoms with van der Waals surface area (Å²) in [6.45, 7) is 7.73. The zero-order valence-electron chi connectivity index (χ0n) is 19.0. The van der Waals surface area contributed by atoms with Crippen LogP contribution in [-0.4, -0.2) is 45.0 Å². The largest absolute Gasteiger partial charge is 0.476 e. The van der Waals surface area contributed by atoms with Crippen LogP contribution in [0.1, 0.15) is 63.1 Å². The summed E-state index contributed by atoms with van der Waals surface area (Å²) in [5.74, 6) is -2.33. The van der Waals surface area contributed by atoms with Gasteiger partial charge >= 0.3 is 5.97 Å². The summed E-state index contributed by atoms with van der Waals surface area (Å²) >= 11 is 0. The molecule has 172 valence electrons. The molecule has 0 fully saturated rings. The van der Waals surface area contributed by atoms with Crippen LogP contribution in [0.3, 0.4) is 0 Å². The van der Waals surface area contributed by atoms with Gasteiger partial charge in [-0.1, -0.05) is 32.1 Å². The normalized spacial score (nSPS) is 11.3. The molecule has 3 N–H and O–H groups in total. The minimum Gasteiger partial charge on any atom is -0.476 e. The third kappa shape index (κ3) is 4.90. The molecule has 1 aromatic heterocycles. The van der Waals surface area contributed by atoms with Crippen molar-refractivity contribution in [1.82, 2.24) is 15.0 Å². The number of carboxylic acid groups (broad SMARTS) is 1. The monoisotopic (exact) mass is 451 g/mol. The number of hydrogen-bond donors (Lipinski definition) is 2. The number of anilines is 1. The molecule has 0 spiro atoms. The van der Waals surface area contributed by atoms with Crippen LogP contribution in [0.25, 0.3) is 5.69 Å². The molecule has 0 atom stereocenters. The third-order valence-electron chi connectivity index (χ3n) is 5.09. The van der Waals surface area contributed by atoms with Crippen LogP contribution >= 0.6 is 0 Å². The van der Waals surface area contributed by atoms with Gasteiger partial charge in [-0.3, -0.25) is 14.4 Å². The zero-order valence-corrected chi connectivity index (χ0v) is 19.0. The van der Waals surface area contributed by atoms with Crippen LogP contribution in [-0.2, 0) is 10.3 Å². The number of carbonyl (C=O) groups excluding carboxylic acids is 2. The second-order valence-electron chi connectivity index (χ2n) is 8.52. The maximum absolute atomic E-state index is 13.4. The maximum atomic E-state index is 13.4. The van der Waals surface area contributed by atoms with Gasteiger partial charge < -0.3 is 10.8 Å². The molecule has 10 heteroatoms. The molecule has 0 aliphatic heterocycles. The number of aromatic carboxylic acids is 1. The van der Waals surface area contributed by atoms with Crippen molar-refractivity contribution in [3.63, 3.8) is 0 Å². The predicted octanol–water partition coefficient (Wildman–Crippen LogP) is 2.88. The Bertz CT molecular complexity index is 1240. The highest BCUT2D eigenvalue weighted by Gasteiger charge is 2.24. The summed E-state index contributed by atoms with van der Waals surface area (Å²) in [5.41, 5.74) is 7.87. The molecule has 0 saturated heterocycles. The number of hydrogen-bond acceptors (Lipinski definition) is 6. The van der Waals surface area contributed by atoms with E-state index in [0.29, 0.717) is 11.4 Å². The number of nitrogens with zero attached hydrogens (tertiary/aromatic N) is 4. The number of nitrogens with two attached hydrogens (primary N) is 1. The zero-order chi connectivity index (χ0) is 24.5. The van der Waals surface area contributed by atoms with E-state index in [9.17, 15) is 14.4 Å². The highest BCUT2D eigenvalue weighted by molar-refractivity contribution is 6.06. The average molecular weight is 451 g/mol. The van der Waals surface area contributed by atoms with E-state index in [4.69, 9.17) is 15.7 Å². The number of rotatable bonds is 6. The number of hydroxylamine groups is 1. The van der Waals surface area contributed by atoms with E-state index < -0.39 is 17.8 Å². The summed E-state index contributed by atoms with van der Waals surface area (Å²) < 4.78 is 1.29. The molecule has 10 nitrogen and oxygen atoms in total. The Labute approximate surface area is 190 Å². The van der Waals surface area contributed by atoms with E-state index in [2.05, 4.69) is 10.3 Å². The van der Waals surface area contributed by atoms with Gasteiger partial charge in [-0.25, -0.2) is 9.48 Å². The van der Waals surface area contributed by atoms with Gasteiger partial charge in [0.15, 0.2) is 5.69 Å². The molecule has 0 bridgehead atoms. The molecule has 0 saturated carbocycles. The van der Waals surface area contributed by atoms with Gasteiger partial charge in [0.1, 0.15) is 0 Å². The van der Waals surface area contributed by atoms with E-state index in [1.807, 2.05) is 20.8 Å². The van der Waals surface area contributed by atoms with Gasteiger partial charge in [-0.05, 0) is 53.8 Å². The van der Waals surface area contributed by atoms with Crippen LogP contribution in [0.15, 0.2) is 42.6 Å². The Balaban J connectivity index is 2.06. The van der Waals surface area contributed by atoms with Crippen molar-refractivity contribution in [3.8, 4) is 5.69 Å². The number of aryl methyl sites for hydroxylation is 1. The summed E-state index contributed by atoms with van der Waals surface area (Å²) in [6, 6.07) is 9.83. The van der Waals surface area contributed by atoms with Crippen molar-refractivity contribution in [2.45, 2.75) is 33.1 Å². The standard InChI is InChI=1S/C23H25N5O5/c1-13-6-7-14(10-19(13)27-12-18(22(31)32)25-26-27)21(30)28(33-5)17-9-15(20(24)29)8-16(11-17)23(2,3)4/h6-12H,1-5H3,(H2,24,29)(H,31,32). The van der Waals surface area contributed by atoms with Gasteiger partial charge in [0.2, 0.25) is 5.91 Å². The number of benzene rings is 2. The first-order valence-corrected chi connectivity index (χ1v) is 10.0. The lowest BCUT2D eigenvalue weighted by molar-refractivity contribution is 0.0689. The van der Waals surface area contributed by atoms with Gasteiger partial charge in [-0.15, -0.1) is 5.10 Å². The first-order chi connectivity index (χ1) is 15.4. The van der Waals surface area contributed by atoms with Gasteiger partial charge in [-0.2, -0.15) is 5.06 Å². The van der Waals surface area contributed by atoms with Crippen molar-refractivity contribution in [1.29, 1.82) is 0 Å². The number of amides is 2. The lowest BCUT2D eigenvalue weighted by atomic mass is 9.85. The highest BCUT2D eigenvalue weighted by Crippen LogP contribution is 2.29. The van der Waals surface area contributed by atoms with Crippen LogP contribution in [0.5, 0.6) is 0 Å². The van der Waals surface area contributed by atoms with E-state index in [0.717, 1.165) is 16.2 Å². The Morgan fingerprint density at radius 1 is 1.09 bits per heavy atom. The summed E-state index contributed by atoms with van der Waals surface area (Å²) in [4.78, 5) is 41.8. The van der Waals surface area contributed by atoms with Gasteiger partial charge in [0.25, 0.3) is 5.91 Å². The summed E-state index contributed by atoms with van der Waals surface area (Å²) in [6.07, 6.45) is 1.26. The SMILES string of the molecule is CON(C(=O)c1ccc(C)c(-n2cc(C(=O)O)nn2)c1)c1cc(C(N)=O)cc(C(C)(C)C)c1. The first kappa shape index (κ1) is 23.6. The molecule has 0 aliphatic rings. The molecule has 0 unspecified atom stereocenters. The third-order valence-corrected chi connectivity index (χ3v) is 5.09. The van der Waals surface area contributed by atoms with Crippen molar-refractivity contribution < 1.29 is 24.3 Å². The summed E-state index contributed by atoms with van der Waals surface area (Å²) in [7, 11) is 1.34. The van der Waals surface area contributed by atoms with E-state index in [1.54, 1.807) is 37.3 Å². The lowest BCUT2D eigenvalue weighted by Gasteiger charge is -2.25. The van der Waals surface area contributed by atoms with Crippen LogP contribution in [0, 0.1) is 6.92 Å². The minimum absolute atomic E-state index is 0.220. The lowest BCUT2D eigenvalue weighted by Crippen LogP contribution is -2.31. The van der Waals surface area contributed by atoms with Crippen molar-refractivity contribution in [3.05, 3.63) is 70.5 Å². The molecule has 3 aromatic rings. The molecule has 0 radical (unpaired) electrons. The summed E-state index contributed by atoms with van der Waals surface area (Å²) in [5, 5.41) is 17.6. The van der Waals surface area contributed by atoms with Crippen molar-refractivity contribution in [2.75, 3.05) is 12.2 Å². The predicted molar refractivity (Wildman–Crippen MR) is 121 cm³/mol. The van der Waals surface area contributed by atoms with Crippen LogP contribution < -0.4 is 10.8 Å². The minimum atomic E-state index is -1.21. The van der Waals surface area contributed by atoms with E-state index in [-0.39, 0.29) is 22.2 Å². The number of primary amides is 1. The fourth-order valence-electron chi connectivity index (χ4n) is 3.20. The van der Waals surface area contributed by atoms with Crippen LogP contribution in [0.4, 0.5) is 5.69 Å².